The fourth-order valence-electron chi connectivity index (χ4n) is 1.46. The van der Waals surface area contributed by atoms with Gasteiger partial charge in [0.2, 0.25) is 0 Å². The largest absolute Gasteiger partial charge is 1.00 e. The number of hydrogen-bond acceptors (Lipinski definition) is 2. The first-order valence-corrected chi connectivity index (χ1v) is 6.78. The zero-order chi connectivity index (χ0) is 12.5. The van der Waals surface area contributed by atoms with Crippen molar-refractivity contribution in [2.75, 3.05) is 0 Å². The van der Waals surface area contributed by atoms with Crippen molar-refractivity contribution in [3.05, 3.63) is 29.3 Å². The minimum Gasteiger partial charge on any atom is -1.00 e. The molecule has 0 aliphatic carbocycles. The Bertz CT molecular complexity index is 458. The minimum atomic E-state index is -4.11. The van der Waals surface area contributed by atoms with E-state index in [2.05, 4.69) is 0 Å². The van der Waals surface area contributed by atoms with Gasteiger partial charge in [0.25, 0.3) is 10.1 Å². The monoisotopic (exact) mass is 266 g/mol. The minimum absolute atomic E-state index is 0. The van der Waals surface area contributed by atoms with Crippen LogP contribution in [0.3, 0.4) is 0 Å². The van der Waals surface area contributed by atoms with Gasteiger partial charge < -0.3 is 1.43 Å². The van der Waals surface area contributed by atoms with Crippen LogP contribution in [0.1, 0.15) is 52.1 Å². The molecule has 17 heavy (non-hydrogen) atoms. The zero-order valence-corrected chi connectivity index (χ0v) is 13.9. The summed E-state index contributed by atoms with van der Waals surface area (Å²) in [6.45, 7) is 7.97. The molecule has 1 aromatic carbocycles. The molecule has 0 atom stereocenters. The molecule has 0 aromatic heterocycles. The van der Waals surface area contributed by atoms with Crippen LogP contribution in [0.25, 0.3) is 0 Å². The van der Waals surface area contributed by atoms with Crippen LogP contribution in [-0.4, -0.2) is 13.0 Å². The summed E-state index contributed by atoms with van der Waals surface area (Å²) in [6.07, 6.45) is 0. The van der Waals surface area contributed by atoms with Gasteiger partial charge in [0, 0.05) is 0 Å². The van der Waals surface area contributed by atoms with Crippen molar-refractivity contribution in [1.29, 1.82) is 0 Å². The molecule has 5 heteroatoms. The predicted molar refractivity (Wildman–Crippen MR) is 65.5 cm³/mol. The molecule has 0 heterocycles. The van der Waals surface area contributed by atoms with Crippen LogP contribution in [-0.2, 0) is 10.1 Å². The molecule has 92 valence electrons. The van der Waals surface area contributed by atoms with Gasteiger partial charge in [-0.05, 0) is 35.1 Å². The second-order valence-corrected chi connectivity index (χ2v) is 6.04. The Labute approximate surface area is 127 Å². The van der Waals surface area contributed by atoms with Gasteiger partial charge in [0.05, 0.1) is 4.90 Å². The van der Waals surface area contributed by atoms with E-state index in [0.29, 0.717) is 0 Å². The van der Waals surface area contributed by atoms with E-state index >= 15 is 0 Å². The molecule has 0 saturated carbocycles. The maximum atomic E-state index is 11.1. The van der Waals surface area contributed by atoms with Crippen molar-refractivity contribution in [2.24, 2.45) is 0 Å². The summed E-state index contributed by atoms with van der Waals surface area (Å²) in [5.41, 5.74) is 1.86. The van der Waals surface area contributed by atoms with Crippen LogP contribution >= 0.6 is 0 Å². The summed E-state index contributed by atoms with van der Waals surface area (Å²) in [6, 6.07) is 5.06. The zero-order valence-electron chi connectivity index (χ0n) is 12.1. The average molecular weight is 266 g/mol. The maximum absolute atomic E-state index is 11.1. The quantitative estimate of drug-likeness (QED) is 0.632. The summed E-state index contributed by atoms with van der Waals surface area (Å²) >= 11 is 0. The van der Waals surface area contributed by atoms with Crippen LogP contribution in [0.4, 0.5) is 0 Å². The summed E-state index contributed by atoms with van der Waals surface area (Å²) in [7, 11) is -4.11. The van der Waals surface area contributed by atoms with Gasteiger partial charge in [0.1, 0.15) is 0 Å². The van der Waals surface area contributed by atoms with Gasteiger partial charge in [-0.3, -0.25) is 4.55 Å². The second kappa shape index (κ2) is 6.34. The van der Waals surface area contributed by atoms with Crippen LogP contribution < -0.4 is 29.6 Å². The van der Waals surface area contributed by atoms with E-state index < -0.39 is 10.1 Å². The first kappa shape index (κ1) is 17.1. The number of benzene rings is 1. The number of hydrogen-bond donors (Lipinski definition) is 1. The Morgan fingerprint density at radius 3 is 1.59 bits per heavy atom. The third kappa shape index (κ3) is 4.72. The van der Waals surface area contributed by atoms with Gasteiger partial charge in [0.15, 0.2) is 0 Å². The smallest absolute Gasteiger partial charge is 1.00 e. The summed E-state index contributed by atoms with van der Waals surface area (Å²) in [4.78, 5) is -0.0117. The first-order chi connectivity index (χ1) is 7.21. The molecular weight excluding hydrogens is 247 g/mol. The molecule has 0 fully saturated rings. The van der Waals surface area contributed by atoms with E-state index in [9.17, 15) is 8.42 Å². The molecule has 3 nitrogen and oxygen atoms in total. The second-order valence-electron chi connectivity index (χ2n) is 4.62. The van der Waals surface area contributed by atoms with Crippen molar-refractivity contribution in [2.45, 2.75) is 44.4 Å². The maximum Gasteiger partial charge on any atom is 1.00 e. The number of rotatable bonds is 3. The molecule has 0 bridgehead atoms. The Balaban J connectivity index is 0. The van der Waals surface area contributed by atoms with Crippen LogP contribution in [0.2, 0.25) is 0 Å². The van der Waals surface area contributed by atoms with E-state index in [0.717, 1.165) is 11.1 Å². The Kier molecular flexibility index (Phi) is 6.39. The van der Waals surface area contributed by atoms with Gasteiger partial charge in [-0.2, -0.15) is 8.42 Å². The van der Waals surface area contributed by atoms with Crippen molar-refractivity contribution < 1.29 is 44.0 Å². The van der Waals surface area contributed by atoms with Gasteiger partial charge >= 0.3 is 29.6 Å². The van der Waals surface area contributed by atoms with E-state index in [4.69, 9.17) is 4.55 Å². The first-order valence-electron chi connectivity index (χ1n) is 5.34. The molecule has 1 N–H and O–H groups in total. The van der Waals surface area contributed by atoms with E-state index in [1.165, 1.54) is 12.1 Å². The van der Waals surface area contributed by atoms with Gasteiger partial charge in [-0.25, -0.2) is 0 Å². The van der Waals surface area contributed by atoms with E-state index in [-0.39, 0.29) is 47.7 Å². The summed E-state index contributed by atoms with van der Waals surface area (Å²) in [5.74, 6) is 0.471. The van der Waals surface area contributed by atoms with Crippen molar-refractivity contribution in [1.82, 2.24) is 0 Å². The SMILES string of the molecule is CC(C)c1cc(C(C)C)cc(S(=O)(=O)O)c1.[H-].[Na+]. The Hall–Kier alpha value is 0.130. The Morgan fingerprint density at radius 1 is 1.00 bits per heavy atom. The van der Waals surface area contributed by atoms with Crippen LogP contribution in [0, 0.1) is 0 Å². The van der Waals surface area contributed by atoms with Crippen molar-refractivity contribution >= 4 is 10.1 Å². The van der Waals surface area contributed by atoms with Crippen molar-refractivity contribution in [3.63, 3.8) is 0 Å². The van der Waals surface area contributed by atoms with E-state index in [1.807, 2.05) is 33.8 Å². The molecule has 0 amide bonds. The molecule has 0 unspecified atom stereocenters. The van der Waals surface area contributed by atoms with Crippen LogP contribution in [0.15, 0.2) is 23.1 Å². The topological polar surface area (TPSA) is 54.4 Å². The third-order valence-corrected chi connectivity index (χ3v) is 3.41. The molecule has 1 rings (SSSR count). The molecule has 0 aliphatic heterocycles. The Morgan fingerprint density at radius 2 is 1.35 bits per heavy atom. The fourth-order valence-corrected chi connectivity index (χ4v) is 2.03. The average Bonchev–Trinajstić information content (AvgIpc) is 2.15. The van der Waals surface area contributed by atoms with Gasteiger partial charge in [-0.15, -0.1) is 0 Å². The molecule has 0 radical (unpaired) electrons. The predicted octanol–water partition coefficient (Wildman–Crippen LogP) is 0.297. The molecule has 0 spiro atoms. The summed E-state index contributed by atoms with van der Waals surface area (Å²) in [5, 5.41) is 0. The third-order valence-electron chi connectivity index (χ3n) is 2.58. The van der Waals surface area contributed by atoms with Crippen molar-refractivity contribution in [3.8, 4) is 0 Å². The normalized spacial score (nSPS) is 11.7. The molecule has 0 aliphatic rings. The fraction of sp³-hybridized carbons (Fsp3) is 0.500. The molecular formula is C12H19NaO3S. The molecule has 1 aromatic rings. The van der Waals surface area contributed by atoms with E-state index in [1.54, 1.807) is 0 Å². The molecule has 0 saturated heterocycles. The summed E-state index contributed by atoms with van der Waals surface area (Å²) < 4.78 is 31.3. The van der Waals surface area contributed by atoms with Gasteiger partial charge in [-0.1, -0.05) is 33.8 Å². The van der Waals surface area contributed by atoms with Crippen LogP contribution in [0.5, 0.6) is 0 Å². The standard InChI is InChI=1S/C12H18O3S.Na.H/c1-8(2)10-5-11(9(3)4)7-12(6-10)16(13,14)15;;/h5-9H,1-4H3,(H,13,14,15);;/q;+1;-1.